The normalized spacial score (nSPS) is 12.7. The van der Waals surface area contributed by atoms with Gasteiger partial charge < -0.3 is 5.32 Å². The van der Waals surface area contributed by atoms with Crippen molar-refractivity contribution >= 4 is 11.3 Å². The zero-order valence-electron chi connectivity index (χ0n) is 9.82. The average Bonchev–Trinajstić information content (AvgIpc) is 2.78. The summed E-state index contributed by atoms with van der Waals surface area (Å²) < 4.78 is 0. The van der Waals surface area contributed by atoms with Crippen molar-refractivity contribution in [1.82, 2.24) is 10.3 Å². The fourth-order valence-corrected chi connectivity index (χ4v) is 2.53. The van der Waals surface area contributed by atoms with Gasteiger partial charge >= 0.3 is 0 Å². The molecule has 2 nitrogen and oxygen atoms in total. The van der Waals surface area contributed by atoms with E-state index < -0.39 is 0 Å². The molecule has 1 heterocycles. The lowest BCUT2D eigenvalue weighted by atomic mass is 10.0. The number of thiazole rings is 1. The fourth-order valence-electron chi connectivity index (χ4n) is 1.75. The van der Waals surface area contributed by atoms with E-state index in [1.54, 1.807) is 11.3 Å². The van der Waals surface area contributed by atoms with E-state index >= 15 is 0 Å². The molecule has 1 aromatic heterocycles. The predicted molar refractivity (Wildman–Crippen MR) is 68.9 cm³/mol. The zero-order chi connectivity index (χ0) is 11.5. The smallest absolute Gasteiger partial charge is 0.114 e. The van der Waals surface area contributed by atoms with Gasteiger partial charge in [-0.05, 0) is 37.6 Å². The topological polar surface area (TPSA) is 24.9 Å². The first-order valence-electron chi connectivity index (χ1n) is 5.36. The van der Waals surface area contributed by atoms with Crippen molar-refractivity contribution in [3.8, 4) is 0 Å². The first-order valence-corrected chi connectivity index (χ1v) is 6.24. The number of aromatic nitrogens is 1. The van der Waals surface area contributed by atoms with Crippen LogP contribution in [0.2, 0.25) is 0 Å². The summed E-state index contributed by atoms with van der Waals surface area (Å²) in [6.45, 7) is 4.28. The Morgan fingerprint density at radius 2 is 2.06 bits per heavy atom. The Hall–Kier alpha value is -1.19. The number of nitrogens with zero attached hydrogens (tertiary/aromatic N) is 1. The summed E-state index contributed by atoms with van der Waals surface area (Å²) in [6, 6.07) is 6.78. The summed E-state index contributed by atoms with van der Waals surface area (Å²) >= 11 is 1.69. The maximum Gasteiger partial charge on any atom is 0.114 e. The number of aryl methyl sites for hydroxylation is 2. The Balaban J connectivity index is 2.37. The van der Waals surface area contributed by atoms with Crippen LogP contribution >= 0.6 is 11.3 Å². The van der Waals surface area contributed by atoms with Crippen molar-refractivity contribution in [2.45, 2.75) is 19.9 Å². The number of hydrogen-bond acceptors (Lipinski definition) is 3. The van der Waals surface area contributed by atoms with Gasteiger partial charge in [0.2, 0.25) is 0 Å². The van der Waals surface area contributed by atoms with Crippen LogP contribution in [0.5, 0.6) is 0 Å². The van der Waals surface area contributed by atoms with Crippen LogP contribution in [0.15, 0.2) is 29.8 Å². The van der Waals surface area contributed by atoms with Gasteiger partial charge in [-0.15, -0.1) is 11.3 Å². The molecule has 0 spiro atoms. The minimum absolute atomic E-state index is 0.208. The third-order valence-electron chi connectivity index (χ3n) is 2.85. The minimum atomic E-state index is 0.208. The number of benzene rings is 1. The minimum Gasteiger partial charge on any atom is -0.307 e. The number of rotatable bonds is 3. The second-order valence-electron chi connectivity index (χ2n) is 3.94. The standard InChI is InChI=1S/C13H16N2S/c1-9-4-5-11(8-10(9)2)12(14-3)13-15-6-7-16-13/h4-8,12,14H,1-3H3. The lowest BCUT2D eigenvalue weighted by molar-refractivity contribution is 0.685. The molecule has 2 rings (SSSR count). The molecule has 3 heteroatoms. The van der Waals surface area contributed by atoms with Gasteiger partial charge in [0.1, 0.15) is 5.01 Å². The van der Waals surface area contributed by atoms with E-state index in [1.165, 1.54) is 16.7 Å². The molecule has 2 aromatic rings. The SMILES string of the molecule is CNC(c1ccc(C)c(C)c1)c1nccs1. The van der Waals surface area contributed by atoms with Crippen molar-refractivity contribution in [2.75, 3.05) is 7.05 Å². The quantitative estimate of drug-likeness (QED) is 0.879. The second-order valence-corrected chi connectivity index (χ2v) is 4.86. The molecular formula is C13H16N2S. The zero-order valence-corrected chi connectivity index (χ0v) is 10.6. The second kappa shape index (κ2) is 4.76. The van der Waals surface area contributed by atoms with Gasteiger partial charge in [-0.1, -0.05) is 18.2 Å². The van der Waals surface area contributed by atoms with Crippen LogP contribution in [0.3, 0.4) is 0 Å². The van der Waals surface area contributed by atoms with E-state index in [0.29, 0.717) is 0 Å². The molecule has 0 saturated carbocycles. The van der Waals surface area contributed by atoms with Crippen LogP contribution in [0, 0.1) is 13.8 Å². The molecule has 0 bridgehead atoms. The molecule has 0 saturated heterocycles. The molecule has 0 amide bonds. The summed E-state index contributed by atoms with van der Waals surface area (Å²) in [4.78, 5) is 4.37. The summed E-state index contributed by atoms with van der Waals surface area (Å²) in [6.07, 6.45) is 1.85. The summed E-state index contributed by atoms with van der Waals surface area (Å²) in [5.74, 6) is 0. The van der Waals surface area contributed by atoms with Crippen LogP contribution in [-0.4, -0.2) is 12.0 Å². The molecule has 16 heavy (non-hydrogen) atoms. The van der Waals surface area contributed by atoms with E-state index in [-0.39, 0.29) is 6.04 Å². The third-order valence-corrected chi connectivity index (χ3v) is 3.69. The van der Waals surface area contributed by atoms with Gasteiger partial charge in [-0.2, -0.15) is 0 Å². The predicted octanol–water partition coefficient (Wildman–Crippen LogP) is 3.07. The first kappa shape index (κ1) is 11.3. The summed E-state index contributed by atoms with van der Waals surface area (Å²) in [5, 5.41) is 6.45. The molecular weight excluding hydrogens is 216 g/mol. The molecule has 0 fully saturated rings. The Morgan fingerprint density at radius 3 is 2.62 bits per heavy atom. The third kappa shape index (κ3) is 2.15. The molecule has 1 N–H and O–H groups in total. The van der Waals surface area contributed by atoms with Crippen LogP contribution in [0.25, 0.3) is 0 Å². The van der Waals surface area contributed by atoms with Crippen molar-refractivity contribution in [3.63, 3.8) is 0 Å². The maximum atomic E-state index is 4.37. The van der Waals surface area contributed by atoms with E-state index in [9.17, 15) is 0 Å². The van der Waals surface area contributed by atoms with Crippen molar-refractivity contribution < 1.29 is 0 Å². The van der Waals surface area contributed by atoms with Crippen LogP contribution < -0.4 is 5.32 Å². The molecule has 0 aliphatic heterocycles. The lowest BCUT2D eigenvalue weighted by Crippen LogP contribution is -2.17. The summed E-state index contributed by atoms with van der Waals surface area (Å²) in [5.41, 5.74) is 3.94. The highest BCUT2D eigenvalue weighted by molar-refractivity contribution is 7.09. The number of hydrogen-bond donors (Lipinski definition) is 1. The maximum absolute atomic E-state index is 4.37. The van der Waals surface area contributed by atoms with E-state index in [0.717, 1.165) is 5.01 Å². The van der Waals surface area contributed by atoms with Crippen molar-refractivity contribution in [3.05, 3.63) is 51.5 Å². The average molecular weight is 232 g/mol. The van der Waals surface area contributed by atoms with Gasteiger partial charge in [-0.3, -0.25) is 0 Å². The summed E-state index contributed by atoms with van der Waals surface area (Å²) in [7, 11) is 1.97. The molecule has 1 atom stereocenters. The van der Waals surface area contributed by atoms with Gasteiger partial charge in [0.05, 0.1) is 6.04 Å². The largest absolute Gasteiger partial charge is 0.307 e. The van der Waals surface area contributed by atoms with Crippen molar-refractivity contribution in [2.24, 2.45) is 0 Å². The monoisotopic (exact) mass is 232 g/mol. The van der Waals surface area contributed by atoms with Crippen LogP contribution in [0.1, 0.15) is 27.7 Å². The van der Waals surface area contributed by atoms with Crippen LogP contribution in [-0.2, 0) is 0 Å². The Labute approximate surface area is 100 Å². The molecule has 0 aliphatic carbocycles. The van der Waals surface area contributed by atoms with E-state index in [4.69, 9.17) is 0 Å². The van der Waals surface area contributed by atoms with Crippen LogP contribution in [0.4, 0.5) is 0 Å². The Kier molecular flexibility index (Phi) is 3.36. The van der Waals surface area contributed by atoms with E-state index in [1.807, 2.05) is 18.6 Å². The molecule has 1 aromatic carbocycles. The Bertz CT molecular complexity index is 463. The highest BCUT2D eigenvalue weighted by Gasteiger charge is 2.14. The number of nitrogens with one attached hydrogen (secondary N) is 1. The highest BCUT2D eigenvalue weighted by atomic mass is 32.1. The highest BCUT2D eigenvalue weighted by Crippen LogP contribution is 2.24. The fraction of sp³-hybridized carbons (Fsp3) is 0.308. The van der Waals surface area contributed by atoms with Gasteiger partial charge in [0, 0.05) is 11.6 Å². The molecule has 1 unspecified atom stereocenters. The van der Waals surface area contributed by atoms with Gasteiger partial charge in [-0.25, -0.2) is 4.98 Å². The lowest BCUT2D eigenvalue weighted by Gasteiger charge is -2.15. The molecule has 84 valence electrons. The van der Waals surface area contributed by atoms with Gasteiger partial charge in [0.25, 0.3) is 0 Å². The molecule has 0 radical (unpaired) electrons. The first-order chi connectivity index (χ1) is 7.72. The van der Waals surface area contributed by atoms with E-state index in [2.05, 4.69) is 42.3 Å². The molecule has 0 aliphatic rings. The van der Waals surface area contributed by atoms with Gasteiger partial charge in [0.15, 0.2) is 0 Å². The Morgan fingerprint density at radius 1 is 1.25 bits per heavy atom. The van der Waals surface area contributed by atoms with Crippen molar-refractivity contribution in [1.29, 1.82) is 0 Å².